The molecule has 10 heteroatoms. The second kappa shape index (κ2) is 7.03. The summed E-state index contributed by atoms with van der Waals surface area (Å²) >= 11 is 0.970. The van der Waals surface area contributed by atoms with Crippen molar-refractivity contribution in [1.82, 2.24) is 18.7 Å². The maximum absolute atomic E-state index is 13.2. The van der Waals surface area contributed by atoms with Crippen molar-refractivity contribution >= 4 is 28.9 Å². The van der Waals surface area contributed by atoms with Crippen molar-refractivity contribution in [3.05, 3.63) is 56.5 Å². The molecule has 27 heavy (non-hydrogen) atoms. The number of rotatable bonds is 5. The largest absolute Gasteiger partial charge is 0.480 e. The highest BCUT2D eigenvalue weighted by atomic mass is 32.2. The fraction of sp³-hybridized carbons (Fsp3) is 0.294. The molecule has 0 aliphatic carbocycles. The van der Waals surface area contributed by atoms with E-state index in [2.05, 4.69) is 4.98 Å². The molecule has 0 fully saturated rings. The third-order valence-corrected chi connectivity index (χ3v) is 5.27. The molecule has 1 unspecified atom stereocenters. The van der Waals surface area contributed by atoms with E-state index in [1.54, 1.807) is 16.7 Å². The van der Waals surface area contributed by atoms with Crippen molar-refractivity contribution in [2.45, 2.75) is 23.9 Å². The summed E-state index contributed by atoms with van der Waals surface area (Å²) in [4.78, 5) is 40.5. The Hall–Kier alpha value is -2.88. The number of imidazole rings is 1. The van der Waals surface area contributed by atoms with Gasteiger partial charge in [-0.05, 0) is 24.6 Å². The summed E-state index contributed by atoms with van der Waals surface area (Å²) in [6, 6.07) is 5.75. The van der Waals surface area contributed by atoms with Gasteiger partial charge in [-0.1, -0.05) is 23.9 Å². The van der Waals surface area contributed by atoms with Crippen LogP contribution in [0.3, 0.4) is 0 Å². The highest BCUT2D eigenvalue weighted by molar-refractivity contribution is 8.00. The van der Waals surface area contributed by atoms with E-state index in [9.17, 15) is 23.9 Å². The molecule has 0 saturated carbocycles. The summed E-state index contributed by atoms with van der Waals surface area (Å²) in [5.74, 6) is -1.41. The van der Waals surface area contributed by atoms with Crippen LogP contribution in [-0.2, 0) is 25.4 Å². The number of nitrogens with zero attached hydrogens (tertiary/aromatic N) is 4. The van der Waals surface area contributed by atoms with Crippen molar-refractivity contribution in [3.8, 4) is 0 Å². The molecule has 0 saturated heterocycles. The summed E-state index contributed by atoms with van der Waals surface area (Å²) in [6.45, 7) is 1.69. The van der Waals surface area contributed by atoms with E-state index in [1.807, 2.05) is 0 Å². The highest BCUT2D eigenvalue weighted by Crippen LogP contribution is 2.26. The van der Waals surface area contributed by atoms with Gasteiger partial charge in [0.25, 0.3) is 5.56 Å². The van der Waals surface area contributed by atoms with Gasteiger partial charge in [-0.3, -0.25) is 18.7 Å². The topological polar surface area (TPSA) is 99.1 Å². The van der Waals surface area contributed by atoms with Crippen LogP contribution in [0.25, 0.3) is 11.2 Å². The summed E-state index contributed by atoms with van der Waals surface area (Å²) in [5, 5.41) is 8.69. The predicted molar refractivity (Wildman–Crippen MR) is 98.7 cm³/mol. The van der Waals surface area contributed by atoms with Gasteiger partial charge in [-0.15, -0.1) is 0 Å². The highest BCUT2D eigenvalue weighted by Gasteiger charge is 2.23. The van der Waals surface area contributed by atoms with Crippen molar-refractivity contribution in [2.24, 2.45) is 14.1 Å². The van der Waals surface area contributed by atoms with E-state index in [0.29, 0.717) is 10.7 Å². The van der Waals surface area contributed by atoms with Gasteiger partial charge in [0, 0.05) is 14.1 Å². The number of carbonyl (C=O) groups is 1. The standard InChI is InChI=1S/C17H17FN4O4S/c1-9(15(24)25)27-16-19-13-12(14(23)21(3)17(26)20(13)2)22(16)8-10-4-6-11(18)7-5-10/h4-7,9H,8H2,1-3H3,(H,24,25). The Bertz CT molecular complexity index is 1150. The Morgan fingerprint density at radius 2 is 1.85 bits per heavy atom. The molecule has 8 nitrogen and oxygen atoms in total. The maximum Gasteiger partial charge on any atom is 0.332 e. The van der Waals surface area contributed by atoms with Gasteiger partial charge in [0.05, 0.1) is 6.54 Å². The first kappa shape index (κ1) is 18.9. The van der Waals surface area contributed by atoms with Crippen LogP contribution in [0.1, 0.15) is 12.5 Å². The fourth-order valence-electron chi connectivity index (χ4n) is 2.64. The molecule has 0 radical (unpaired) electrons. The molecule has 0 bridgehead atoms. The lowest BCUT2D eigenvalue weighted by molar-refractivity contribution is -0.136. The van der Waals surface area contributed by atoms with E-state index in [1.165, 1.54) is 37.7 Å². The molecule has 1 atom stereocenters. The predicted octanol–water partition coefficient (Wildman–Crippen LogP) is 1.19. The number of thioether (sulfide) groups is 1. The quantitative estimate of drug-likeness (QED) is 0.655. The van der Waals surface area contributed by atoms with E-state index in [-0.39, 0.29) is 23.5 Å². The van der Waals surface area contributed by atoms with Gasteiger partial charge >= 0.3 is 11.7 Å². The van der Waals surface area contributed by atoms with Gasteiger partial charge in [0.2, 0.25) is 0 Å². The average molecular weight is 392 g/mol. The van der Waals surface area contributed by atoms with E-state index in [0.717, 1.165) is 16.3 Å². The summed E-state index contributed by atoms with van der Waals surface area (Å²) in [6.07, 6.45) is 0. The molecule has 0 aliphatic heterocycles. The molecule has 0 spiro atoms. The van der Waals surface area contributed by atoms with Crippen LogP contribution < -0.4 is 11.2 Å². The first-order valence-corrected chi connectivity index (χ1v) is 8.88. The Morgan fingerprint density at radius 3 is 2.44 bits per heavy atom. The number of fused-ring (bicyclic) bond motifs is 1. The second-order valence-electron chi connectivity index (χ2n) is 6.08. The van der Waals surface area contributed by atoms with Gasteiger partial charge in [0.1, 0.15) is 11.1 Å². The third-order valence-electron chi connectivity index (χ3n) is 4.20. The van der Waals surface area contributed by atoms with Crippen LogP contribution in [0.5, 0.6) is 0 Å². The minimum atomic E-state index is -1.03. The Morgan fingerprint density at radius 1 is 1.22 bits per heavy atom. The lowest BCUT2D eigenvalue weighted by Crippen LogP contribution is -2.37. The van der Waals surface area contributed by atoms with Crippen molar-refractivity contribution in [3.63, 3.8) is 0 Å². The van der Waals surface area contributed by atoms with Crippen LogP contribution in [0.15, 0.2) is 39.0 Å². The molecule has 3 rings (SSSR count). The average Bonchev–Trinajstić information content (AvgIpc) is 2.98. The molecule has 1 N–H and O–H groups in total. The lowest BCUT2D eigenvalue weighted by Gasteiger charge is -2.11. The Labute approximate surface area is 156 Å². The maximum atomic E-state index is 13.2. The van der Waals surface area contributed by atoms with E-state index < -0.39 is 22.5 Å². The van der Waals surface area contributed by atoms with Gasteiger partial charge in [0.15, 0.2) is 16.3 Å². The van der Waals surface area contributed by atoms with E-state index >= 15 is 0 Å². The zero-order valence-electron chi connectivity index (χ0n) is 14.8. The number of carboxylic acid groups (broad SMARTS) is 1. The smallest absolute Gasteiger partial charge is 0.332 e. The zero-order chi connectivity index (χ0) is 19.9. The summed E-state index contributed by atoms with van der Waals surface area (Å²) < 4.78 is 17.0. The van der Waals surface area contributed by atoms with Crippen LogP contribution in [-0.4, -0.2) is 35.0 Å². The summed E-state index contributed by atoms with van der Waals surface area (Å²) in [5.41, 5.74) is 0.00468. The van der Waals surface area contributed by atoms with Gasteiger partial charge in [-0.2, -0.15) is 0 Å². The number of aliphatic carboxylic acids is 1. The SMILES string of the molecule is CC(Sc1nc2c(c(=O)n(C)c(=O)n2C)n1Cc1ccc(F)cc1)C(=O)O. The zero-order valence-corrected chi connectivity index (χ0v) is 15.7. The van der Waals surface area contributed by atoms with Crippen molar-refractivity contribution in [2.75, 3.05) is 0 Å². The number of carboxylic acids is 1. The van der Waals surface area contributed by atoms with Gasteiger partial charge in [-0.25, -0.2) is 14.2 Å². The molecule has 1 aromatic carbocycles. The first-order valence-electron chi connectivity index (χ1n) is 8.01. The van der Waals surface area contributed by atoms with Crippen LogP contribution >= 0.6 is 11.8 Å². The number of aryl methyl sites for hydroxylation is 1. The minimum absolute atomic E-state index is 0.172. The number of hydrogen-bond acceptors (Lipinski definition) is 5. The molecule has 2 heterocycles. The van der Waals surface area contributed by atoms with Crippen LogP contribution in [0.2, 0.25) is 0 Å². The number of halogens is 1. The number of aromatic nitrogens is 4. The molecule has 3 aromatic rings. The molecule has 142 valence electrons. The Kier molecular flexibility index (Phi) is 4.92. The number of hydrogen-bond donors (Lipinski definition) is 1. The van der Waals surface area contributed by atoms with Crippen molar-refractivity contribution < 1.29 is 14.3 Å². The Balaban J connectivity index is 2.26. The van der Waals surface area contributed by atoms with Crippen LogP contribution in [0.4, 0.5) is 4.39 Å². The molecule has 0 amide bonds. The third kappa shape index (κ3) is 3.39. The molecule has 2 aromatic heterocycles. The summed E-state index contributed by atoms with van der Waals surface area (Å²) in [7, 11) is 2.86. The molecule has 0 aliphatic rings. The lowest BCUT2D eigenvalue weighted by atomic mass is 10.2. The first-order chi connectivity index (χ1) is 12.7. The number of benzene rings is 1. The monoisotopic (exact) mass is 392 g/mol. The minimum Gasteiger partial charge on any atom is -0.480 e. The molecular formula is C17H17FN4O4S. The second-order valence-corrected chi connectivity index (χ2v) is 7.39. The molecular weight excluding hydrogens is 375 g/mol. The van der Waals surface area contributed by atoms with Crippen LogP contribution in [0, 0.1) is 5.82 Å². The normalized spacial score (nSPS) is 12.4. The fourth-order valence-corrected chi connectivity index (χ4v) is 3.48. The van der Waals surface area contributed by atoms with Gasteiger partial charge < -0.3 is 9.67 Å². The van der Waals surface area contributed by atoms with Crippen molar-refractivity contribution in [1.29, 1.82) is 0 Å². The van der Waals surface area contributed by atoms with E-state index in [4.69, 9.17) is 0 Å².